The van der Waals surface area contributed by atoms with E-state index in [1.54, 1.807) is 0 Å². The molecule has 4 heterocycles. The number of nitrogens with zero attached hydrogens (tertiary/aromatic N) is 1. The number of aromatic nitrogens is 4. The fourth-order valence-corrected chi connectivity index (χ4v) is 4.06. The van der Waals surface area contributed by atoms with Crippen LogP contribution in [0, 0.1) is 4.77 Å². The zero-order chi connectivity index (χ0) is 27.9. The number of rotatable bonds is 4. The third kappa shape index (κ3) is 8.78. The maximum atomic E-state index is 12.0. The second-order valence-electron chi connectivity index (χ2n) is 8.23. The Morgan fingerprint density at radius 1 is 0.892 bits per heavy atom. The quantitative estimate of drug-likeness (QED) is 0.0915. The third-order valence-corrected chi connectivity index (χ3v) is 5.60. The molecule has 0 saturated carbocycles. The van der Waals surface area contributed by atoms with E-state index in [0.29, 0.717) is 39.9 Å². The molecule has 0 spiro atoms. The molecule has 0 radical (unpaired) electrons. The van der Waals surface area contributed by atoms with Crippen LogP contribution in [0.2, 0.25) is 0 Å². The van der Waals surface area contributed by atoms with Crippen LogP contribution in [0.1, 0.15) is 52.7 Å². The Labute approximate surface area is 234 Å². The van der Waals surface area contributed by atoms with Crippen LogP contribution in [0.25, 0.3) is 22.2 Å². The lowest BCUT2D eigenvalue weighted by Crippen LogP contribution is -2.14. The zero-order valence-corrected chi connectivity index (χ0v) is 25.1. The second-order valence-corrected chi connectivity index (χ2v) is 12.7. The summed E-state index contributed by atoms with van der Waals surface area (Å²) >= 11 is 8.54. The van der Waals surface area contributed by atoms with Gasteiger partial charge in [-0.2, -0.15) is 4.98 Å². The number of alkyl halides is 1. The molecular formula is C24H29IN4O6S2. The molecule has 0 aromatic carbocycles. The minimum Gasteiger partial charge on any atom is -0.405 e. The first-order chi connectivity index (χ1) is 17.4. The Morgan fingerprint density at radius 2 is 1.41 bits per heavy atom. The molecule has 0 saturated heterocycles. The summed E-state index contributed by atoms with van der Waals surface area (Å²) in [7, 11) is 0. The summed E-state index contributed by atoms with van der Waals surface area (Å²) in [4.78, 5) is 58.1. The molecule has 0 aliphatic carbocycles. The molecule has 3 N–H and O–H groups in total. The number of fused-ring (bicyclic) bond motifs is 2. The van der Waals surface area contributed by atoms with Gasteiger partial charge in [0, 0.05) is 21.3 Å². The summed E-state index contributed by atoms with van der Waals surface area (Å²) in [6.45, 7) is 12.0. The van der Waals surface area contributed by atoms with E-state index in [0.717, 1.165) is 3.92 Å². The number of H-pyrrole nitrogens is 3. The van der Waals surface area contributed by atoms with Gasteiger partial charge in [0.15, 0.2) is 9.93 Å². The van der Waals surface area contributed by atoms with Crippen molar-refractivity contribution in [3.63, 3.8) is 0 Å². The number of halogens is 1. The summed E-state index contributed by atoms with van der Waals surface area (Å²) in [5, 5.41) is 1.47. The summed E-state index contributed by atoms with van der Waals surface area (Å²) in [5.41, 5.74) is -0.00385. The molecule has 0 amide bonds. The maximum absolute atomic E-state index is 12.0. The largest absolute Gasteiger partial charge is 0.405 e. The fraction of sp³-hybridized carbons (Fsp3) is 0.417. The monoisotopic (exact) mass is 660 g/mol. The lowest BCUT2D eigenvalue weighted by atomic mass is 10.1. The van der Waals surface area contributed by atoms with Crippen molar-refractivity contribution in [1.29, 1.82) is 0 Å². The van der Waals surface area contributed by atoms with E-state index in [4.69, 9.17) is 21.1 Å². The second kappa shape index (κ2) is 13.9. The van der Waals surface area contributed by atoms with Crippen molar-refractivity contribution in [2.75, 3.05) is 0 Å². The van der Waals surface area contributed by atoms with Crippen molar-refractivity contribution in [2.45, 2.75) is 68.7 Å². The van der Waals surface area contributed by atoms with Gasteiger partial charge in [-0.05, 0) is 36.2 Å². The topological polar surface area (TPSA) is 155 Å². The Kier molecular flexibility index (Phi) is 11.5. The molecule has 4 rings (SSSR count). The number of thioether (sulfide) groups is 1. The molecule has 13 heteroatoms. The Bertz CT molecular complexity index is 1660. The maximum Gasteiger partial charge on any atom is 0.337 e. The molecule has 200 valence electrons. The summed E-state index contributed by atoms with van der Waals surface area (Å²) in [6.07, 6.45) is 1.17. The SMILES string of the molecule is CC(C)I.CCc1cc(=O)oc2[nH]c(=S)[nH]c(=O)c12.CCc1cc(=O)oc2nc(SC(C)C)[nH]c(=O)c12. The predicted molar refractivity (Wildman–Crippen MR) is 158 cm³/mol. The fourth-order valence-electron chi connectivity index (χ4n) is 3.14. The highest BCUT2D eigenvalue weighted by molar-refractivity contribution is 14.1. The Hall–Kier alpha value is -2.52. The number of aryl methyl sites for hydroxylation is 2. The van der Waals surface area contributed by atoms with E-state index in [-0.39, 0.29) is 32.6 Å². The van der Waals surface area contributed by atoms with Gasteiger partial charge in [-0.3, -0.25) is 14.6 Å². The predicted octanol–water partition coefficient (Wildman–Crippen LogP) is 4.87. The molecule has 4 aromatic rings. The van der Waals surface area contributed by atoms with Crippen LogP contribution in [0.4, 0.5) is 0 Å². The van der Waals surface area contributed by atoms with Crippen molar-refractivity contribution in [3.8, 4) is 0 Å². The molecule has 0 aliphatic rings. The molecule has 0 bridgehead atoms. The van der Waals surface area contributed by atoms with E-state index in [1.165, 1.54) is 23.9 Å². The van der Waals surface area contributed by atoms with Gasteiger partial charge in [0.05, 0.1) is 0 Å². The van der Waals surface area contributed by atoms with Crippen molar-refractivity contribution in [2.24, 2.45) is 0 Å². The van der Waals surface area contributed by atoms with Crippen LogP contribution in [0.3, 0.4) is 0 Å². The Balaban J connectivity index is 0.000000230. The zero-order valence-electron chi connectivity index (χ0n) is 21.3. The summed E-state index contributed by atoms with van der Waals surface area (Å²) < 4.78 is 10.8. The first-order valence-corrected chi connectivity index (χ1v) is 14.1. The summed E-state index contributed by atoms with van der Waals surface area (Å²) in [5.74, 6) is 0. The van der Waals surface area contributed by atoms with Gasteiger partial charge in [0.2, 0.25) is 11.4 Å². The van der Waals surface area contributed by atoms with Crippen molar-refractivity contribution < 1.29 is 8.83 Å². The highest BCUT2D eigenvalue weighted by atomic mass is 127. The smallest absolute Gasteiger partial charge is 0.337 e. The van der Waals surface area contributed by atoms with Crippen LogP contribution >= 0.6 is 46.6 Å². The lowest BCUT2D eigenvalue weighted by Gasteiger charge is -2.05. The van der Waals surface area contributed by atoms with Crippen molar-refractivity contribution in [1.82, 2.24) is 19.9 Å². The molecule has 0 fully saturated rings. The first-order valence-electron chi connectivity index (χ1n) is 11.5. The van der Waals surface area contributed by atoms with Crippen molar-refractivity contribution >= 4 is 68.8 Å². The van der Waals surface area contributed by atoms with E-state index < -0.39 is 11.3 Å². The van der Waals surface area contributed by atoms with E-state index >= 15 is 0 Å². The van der Waals surface area contributed by atoms with Gasteiger partial charge in [0.1, 0.15) is 10.8 Å². The minimum absolute atomic E-state index is 0.117. The third-order valence-electron chi connectivity index (χ3n) is 4.51. The minimum atomic E-state index is -0.490. The van der Waals surface area contributed by atoms with Crippen LogP contribution < -0.4 is 22.4 Å². The van der Waals surface area contributed by atoms with Crippen LogP contribution in [0.5, 0.6) is 0 Å². The number of nitrogens with one attached hydrogen (secondary N) is 3. The molecule has 4 aromatic heterocycles. The van der Waals surface area contributed by atoms with Gasteiger partial charge in [-0.25, -0.2) is 9.59 Å². The molecule has 0 aliphatic heterocycles. The molecule has 0 atom stereocenters. The summed E-state index contributed by atoms with van der Waals surface area (Å²) in [6, 6.07) is 2.66. The highest BCUT2D eigenvalue weighted by Gasteiger charge is 2.12. The van der Waals surface area contributed by atoms with Crippen molar-refractivity contribution in [3.05, 3.63) is 69.6 Å². The van der Waals surface area contributed by atoms with E-state index in [9.17, 15) is 19.2 Å². The molecular weight excluding hydrogens is 631 g/mol. The molecule has 10 nitrogen and oxygen atoms in total. The standard InChI is InChI=1S/C12H14N2O3S.C9H8N2O3S.C3H7I/c1-4-7-5-8(15)17-11-9(7)10(16)13-12(14-11)18-6(2)3;1-2-4-3-5(12)14-8-6(4)7(13)10-9(15)11-8;1-3(2)4/h5-6H,4H2,1-3H3,(H,13,14,16);3H,2H2,1H3,(H2,10,11,13,15);3H,1-2H3. The van der Waals surface area contributed by atoms with Crippen LogP contribution in [0.15, 0.2) is 45.3 Å². The lowest BCUT2D eigenvalue weighted by molar-refractivity contribution is 0.541. The van der Waals surface area contributed by atoms with Gasteiger partial charge in [-0.15, -0.1) is 0 Å². The van der Waals surface area contributed by atoms with Crippen LogP contribution in [-0.2, 0) is 12.8 Å². The van der Waals surface area contributed by atoms with Gasteiger partial charge < -0.3 is 18.8 Å². The van der Waals surface area contributed by atoms with E-state index in [1.807, 2.05) is 27.7 Å². The van der Waals surface area contributed by atoms with Gasteiger partial charge in [-0.1, -0.05) is 75.9 Å². The average molecular weight is 661 g/mol. The number of hydrogen-bond donors (Lipinski definition) is 3. The van der Waals surface area contributed by atoms with Crippen LogP contribution in [-0.4, -0.2) is 29.1 Å². The molecule has 37 heavy (non-hydrogen) atoms. The molecule has 0 unspecified atom stereocenters. The van der Waals surface area contributed by atoms with E-state index in [2.05, 4.69) is 56.4 Å². The normalized spacial score (nSPS) is 10.8. The van der Waals surface area contributed by atoms with Gasteiger partial charge >= 0.3 is 11.3 Å². The number of hydrogen-bond acceptors (Lipinski definition) is 9. The Morgan fingerprint density at radius 3 is 1.95 bits per heavy atom. The first kappa shape index (κ1) is 30.7. The number of aromatic amines is 3. The average Bonchev–Trinajstić information content (AvgIpc) is 2.76. The highest BCUT2D eigenvalue weighted by Crippen LogP contribution is 2.20. The van der Waals surface area contributed by atoms with Gasteiger partial charge in [0.25, 0.3) is 11.1 Å².